The van der Waals surface area contributed by atoms with E-state index < -0.39 is 0 Å². The molecule has 4 N–H and O–H groups in total. The Morgan fingerprint density at radius 1 is 0.600 bits per heavy atom. The van der Waals surface area contributed by atoms with E-state index in [1.807, 2.05) is 0 Å². The smallest absolute Gasteiger partial charge is 1.00 e. The van der Waals surface area contributed by atoms with E-state index in [0.29, 0.717) is 0 Å². The first-order chi connectivity index (χ1) is 0. The van der Waals surface area contributed by atoms with Gasteiger partial charge in [-0.2, -0.15) is 0 Å². The first-order valence-electron chi connectivity index (χ1n) is 0. The summed E-state index contributed by atoms with van der Waals surface area (Å²) in [6.07, 6.45) is 0. The molecule has 0 rings (SSSR count). The summed E-state index contributed by atoms with van der Waals surface area (Å²) < 4.78 is 0. The summed E-state index contributed by atoms with van der Waals surface area (Å²) >= 11 is 0. The van der Waals surface area contributed by atoms with Crippen molar-refractivity contribution in [2.24, 2.45) is 0 Å². The molecule has 0 saturated heterocycles. The molecule has 0 aliphatic rings. The van der Waals surface area contributed by atoms with Crippen LogP contribution in [0.1, 0.15) is 0 Å². The largest absolute Gasteiger partial charge is 2.00 e. The first kappa shape index (κ1) is 109. The van der Waals surface area contributed by atoms with Crippen LogP contribution >= 0.6 is 0 Å². The molecule has 0 spiro atoms. The molecule has 0 bridgehead atoms. The topological polar surface area (TPSA) is 63.0 Å². The summed E-state index contributed by atoms with van der Waals surface area (Å²) in [4.78, 5) is 0. The molecule has 0 atom stereocenters. The van der Waals surface area contributed by atoms with E-state index in [9.17, 15) is 0 Å². The predicted octanol–water partition coefficient (Wildman–Crippen LogP) is -8.02. The standard InChI is InChI=1S/2FH.2H2O.Sr/h2*1H;2*1H2;/q;;;;+2/p-2. The summed E-state index contributed by atoms with van der Waals surface area (Å²) in [7, 11) is 0. The van der Waals surface area contributed by atoms with Crippen LogP contribution in [0.3, 0.4) is 0 Å². The molecule has 0 aromatic heterocycles. The third kappa shape index (κ3) is 35.2. The van der Waals surface area contributed by atoms with Gasteiger partial charge in [0.1, 0.15) is 0 Å². The van der Waals surface area contributed by atoms with Crippen molar-refractivity contribution in [3.63, 3.8) is 0 Å². The maximum Gasteiger partial charge on any atom is 2.00 e. The van der Waals surface area contributed by atoms with Crippen molar-refractivity contribution in [3.05, 3.63) is 0 Å². The second-order valence-electron chi connectivity index (χ2n) is 0. The van der Waals surface area contributed by atoms with E-state index in [0.717, 1.165) is 0 Å². The average Bonchev–Trinajstić information content (AvgIpc) is 0. The molecule has 5 heteroatoms. The van der Waals surface area contributed by atoms with Gasteiger partial charge >= 0.3 is 45.5 Å². The van der Waals surface area contributed by atoms with Crippen LogP contribution in [0.5, 0.6) is 0 Å². The van der Waals surface area contributed by atoms with Gasteiger partial charge in [0, 0.05) is 0 Å². The number of hydrogen-bond donors (Lipinski definition) is 0. The maximum absolute atomic E-state index is 0. The summed E-state index contributed by atoms with van der Waals surface area (Å²) in [5, 5.41) is 0. The zero-order valence-electron chi connectivity index (χ0n) is 2.46. The molecule has 0 aromatic rings. The number of rotatable bonds is 0. The van der Waals surface area contributed by atoms with Crippen LogP contribution in [0.15, 0.2) is 0 Å². The molecule has 0 unspecified atom stereocenters. The van der Waals surface area contributed by atoms with Crippen molar-refractivity contribution in [1.82, 2.24) is 0 Å². The van der Waals surface area contributed by atoms with Gasteiger partial charge in [-0.25, -0.2) is 0 Å². The van der Waals surface area contributed by atoms with Crippen LogP contribution < -0.4 is 9.41 Å². The summed E-state index contributed by atoms with van der Waals surface area (Å²) in [6, 6.07) is 0. The SMILES string of the molecule is O.O.[F-].[F-].[Sr+2]. The zero-order chi connectivity index (χ0) is 0. The first-order valence-corrected chi connectivity index (χ1v) is 0. The Bertz CT molecular complexity index is 7.61. The van der Waals surface area contributed by atoms with E-state index in [1.54, 1.807) is 0 Å². The Balaban J connectivity index is 0. The molecule has 0 heterocycles. The molecule has 0 saturated carbocycles. The van der Waals surface area contributed by atoms with E-state index in [1.165, 1.54) is 0 Å². The molecule has 0 aliphatic heterocycles. The quantitative estimate of drug-likeness (QED) is 0.317. The third-order valence-electron chi connectivity index (χ3n) is 0. The molecule has 0 radical (unpaired) electrons. The molecular formula is H4F2O2Sr. The molecule has 0 aliphatic carbocycles. The Hall–Kier alpha value is 1.26. The van der Waals surface area contributed by atoms with Gasteiger partial charge in [-0.1, -0.05) is 0 Å². The van der Waals surface area contributed by atoms with E-state index in [-0.39, 0.29) is 65.8 Å². The van der Waals surface area contributed by atoms with Gasteiger partial charge in [-0.15, -0.1) is 0 Å². The minimum Gasteiger partial charge on any atom is -1.00 e. The van der Waals surface area contributed by atoms with Gasteiger partial charge in [0.05, 0.1) is 0 Å². The molecule has 0 amide bonds. The summed E-state index contributed by atoms with van der Waals surface area (Å²) in [6.45, 7) is 0. The maximum atomic E-state index is 0. The van der Waals surface area contributed by atoms with Crippen molar-refractivity contribution in [3.8, 4) is 0 Å². The van der Waals surface area contributed by atoms with E-state index >= 15 is 0 Å². The second-order valence-corrected chi connectivity index (χ2v) is 0. The third-order valence-corrected chi connectivity index (χ3v) is 0. The molecule has 0 fully saturated rings. The number of hydrogen-bond acceptors (Lipinski definition) is 0. The van der Waals surface area contributed by atoms with Crippen LogP contribution in [0.2, 0.25) is 0 Å². The molecule has 5 heavy (non-hydrogen) atoms. The fraction of sp³-hybridized carbons (Fsp3) is 0. The van der Waals surface area contributed by atoms with Crippen LogP contribution in [0, 0.1) is 0 Å². The van der Waals surface area contributed by atoms with Crippen molar-refractivity contribution in [2.45, 2.75) is 0 Å². The zero-order valence-corrected chi connectivity index (χ0v) is 5.94. The van der Waals surface area contributed by atoms with Crippen molar-refractivity contribution < 1.29 is 20.4 Å². The van der Waals surface area contributed by atoms with E-state index in [2.05, 4.69) is 0 Å². The molecule has 32 valence electrons. The fourth-order valence-corrected chi connectivity index (χ4v) is 0. The van der Waals surface area contributed by atoms with Crippen molar-refractivity contribution >= 4 is 45.5 Å². The van der Waals surface area contributed by atoms with Crippen LogP contribution in [0.25, 0.3) is 0 Å². The van der Waals surface area contributed by atoms with Gasteiger partial charge in [-0.05, 0) is 0 Å². The molecular weight excluding hydrogens is 158 g/mol. The Morgan fingerprint density at radius 3 is 0.600 bits per heavy atom. The predicted molar refractivity (Wildman–Crippen MR) is 13.0 cm³/mol. The minimum absolute atomic E-state index is 0. The molecule has 0 aromatic carbocycles. The Kier molecular flexibility index (Phi) is 1310. The van der Waals surface area contributed by atoms with Crippen molar-refractivity contribution in [2.75, 3.05) is 0 Å². The molecule has 2 nitrogen and oxygen atoms in total. The fourth-order valence-electron chi connectivity index (χ4n) is 0. The van der Waals surface area contributed by atoms with E-state index in [4.69, 9.17) is 0 Å². The summed E-state index contributed by atoms with van der Waals surface area (Å²) in [5.41, 5.74) is 0. The van der Waals surface area contributed by atoms with Gasteiger partial charge in [0.25, 0.3) is 0 Å². The van der Waals surface area contributed by atoms with Gasteiger partial charge in [0.2, 0.25) is 0 Å². The van der Waals surface area contributed by atoms with Gasteiger partial charge < -0.3 is 20.4 Å². The minimum atomic E-state index is 0. The Labute approximate surface area is 65.2 Å². The van der Waals surface area contributed by atoms with Crippen LogP contribution in [-0.4, -0.2) is 56.4 Å². The number of halogens is 2. The summed E-state index contributed by atoms with van der Waals surface area (Å²) in [5.74, 6) is 0. The van der Waals surface area contributed by atoms with Gasteiger partial charge in [0.15, 0.2) is 0 Å². The van der Waals surface area contributed by atoms with Crippen LogP contribution in [-0.2, 0) is 0 Å². The normalized spacial score (nSPS) is 0. The Morgan fingerprint density at radius 2 is 0.600 bits per heavy atom. The van der Waals surface area contributed by atoms with Gasteiger partial charge in [-0.3, -0.25) is 0 Å². The van der Waals surface area contributed by atoms with Crippen LogP contribution in [0.4, 0.5) is 0 Å². The second kappa shape index (κ2) is 60.1. The van der Waals surface area contributed by atoms with Crippen molar-refractivity contribution in [1.29, 1.82) is 0 Å². The monoisotopic (exact) mass is 162 g/mol. The average molecular weight is 162 g/mol.